The van der Waals surface area contributed by atoms with Crippen LogP contribution < -0.4 is 4.74 Å². The minimum Gasteiger partial charge on any atom is -0.427 e. The molecule has 1 amide bonds. The number of ether oxygens (including phenoxy) is 1. The fraction of sp³-hybridized carbons (Fsp3) is 0.429. The number of hydrogen-bond donors (Lipinski definition) is 1. The van der Waals surface area contributed by atoms with Crippen molar-refractivity contribution in [3.63, 3.8) is 0 Å². The number of β-amino-alcohol motifs (C(OH)–C–C–N with tert-alkyl or cyclic N) is 1. The Labute approximate surface area is 201 Å². The van der Waals surface area contributed by atoms with Crippen molar-refractivity contribution < 1.29 is 19.4 Å². The second-order valence-corrected chi connectivity index (χ2v) is 9.69. The Morgan fingerprint density at radius 2 is 1.97 bits per heavy atom. The van der Waals surface area contributed by atoms with Gasteiger partial charge < -0.3 is 14.7 Å². The van der Waals surface area contributed by atoms with E-state index in [2.05, 4.69) is 11.5 Å². The fourth-order valence-corrected chi connectivity index (χ4v) is 5.88. The number of amides is 1. The van der Waals surface area contributed by atoms with E-state index < -0.39 is 11.0 Å². The molecule has 2 aromatic rings. The summed E-state index contributed by atoms with van der Waals surface area (Å²) in [6.07, 6.45) is 4.55. The summed E-state index contributed by atoms with van der Waals surface area (Å²) in [5.41, 5.74) is 0.0976. The predicted octanol–water partition coefficient (Wildman–Crippen LogP) is 3.80. The maximum atomic E-state index is 13.2. The number of aliphatic hydroxyl groups is 1. The Morgan fingerprint density at radius 1 is 1.21 bits per heavy atom. The van der Waals surface area contributed by atoms with Crippen LogP contribution in [0, 0.1) is 0 Å². The van der Waals surface area contributed by atoms with E-state index in [-0.39, 0.29) is 17.9 Å². The summed E-state index contributed by atoms with van der Waals surface area (Å²) in [4.78, 5) is 28.9. The minimum atomic E-state index is -0.962. The Hall–Kier alpha value is -2.96. The van der Waals surface area contributed by atoms with Crippen LogP contribution in [0.15, 0.2) is 67.3 Å². The van der Waals surface area contributed by atoms with Crippen LogP contribution in [0.1, 0.15) is 48.5 Å². The van der Waals surface area contributed by atoms with Gasteiger partial charge in [0, 0.05) is 44.1 Å². The summed E-state index contributed by atoms with van der Waals surface area (Å²) in [6.45, 7) is 7.33. The molecule has 1 aliphatic heterocycles. The smallest absolute Gasteiger partial charge is 0.308 e. The lowest BCUT2D eigenvalue weighted by atomic mass is 9.55. The van der Waals surface area contributed by atoms with Crippen LogP contribution >= 0.6 is 0 Å². The molecule has 1 saturated carbocycles. The normalized spacial score (nSPS) is 26.9. The molecule has 6 heteroatoms. The van der Waals surface area contributed by atoms with Crippen molar-refractivity contribution in [3.05, 3.63) is 78.4 Å². The average molecular weight is 463 g/mol. The van der Waals surface area contributed by atoms with Gasteiger partial charge in [-0.1, -0.05) is 36.4 Å². The van der Waals surface area contributed by atoms with Crippen LogP contribution in [0.25, 0.3) is 0 Å². The summed E-state index contributed by atoms with van der Waals surface area (Å²) in [5.74, 6) is 0.0930. The molecule has 2 fully saturated rings. The molecule has 1 aliphatic carbocycles. The van der Waals surface area contributed by atoms with E-state index in [1.807, 2.05) is 66.6 Å². The molecule has 0 spiro atoms. The number of likely N-dealkylation sites (tertiary alicyclic amines) is 1. The van der Waals surface area contributed by atoms with E-state index in [9.17, 15) is 14.7 Å². The Bertz CT molecular complexity index is 1060. The van der Waals surface area contributed by atoms with Crippen LogP contribution in [0.2, 0.25) is 0 Å². The number of hydrogen-bond acceptors (Lipinski definition) is 5. The van der Waals surface area contributed by atoms with E-state index >= 15 is 0 Å². The van der Waals surface area contributed by atoms with Crippen LogP contribution in [0.3, 0.4) is 0 Å². The van der Waals surface area contributed by atoms with Crippen molar-refractivity contribution >= 4 is 11.9 Å². The first-order valence-electron chi connectivity index (χ1n) is 11.9. The molecule has 2 unspecified atom stereocenters. The molecule has 1 saturated heterocycles. The third-order valence-corrected chi connectivity index (χ3v) is 7.63. The zero-order chi connectivity index (χ0) is 24.3. The molecule has 180 valence electrons. The molecule has 4 rings (SSSR count). The number of esters is 1. The third-order valence-electron chi connectivity index (χ3n) is 7.63. The molecule has 2 aromatic carbocycles. The van der Waals surface area contributed by atoms with Crippen molar-refractivity contribution in [1.82, 2.24) is 9.80 Å². The maximum absolute atomic E-state index is 13.2. The quantitative estimate of drug-likeness (QED) is 0.402. The highest BCUT2D eigenvalue weighted by Crippen LogP contribution is 2.53. The first kappa shape index (κ1) is 24.2. The number of piperidine rings is 1. The van der Waals surface area contributed by atoms with Crippen molar-refractivity contribution in [2.45, 2.75) is 49.7 Å². The summed E-state index contributed by atoms with van der Waals surface area (Å²) in [7, 11) is 1.86. The van der Waals surface area contributed by atoms with Gasteiger partial charge in [0.25, 0.3) is 5.91 Å². The van der Waals surface area contributed by atoms with Gasteiger partial charge in [-0.15, -0.1) is 6.58 Å². The summed E-state index contributed by atoms with van der Waals surface area (Å²) < 4.78 is 5.38. The highest BCUT2D eigenvalue weighted by atomic mass is 16.5. The SMILES string of the molecule is C=CCN1CCC2(c3cccc(OC(C)=O)c3)C[C@H](N(C)C(=O)c3ccccc3)CCC2(O)C1. The molecule has 1 heterocycles. The molecule has 0 bridgehead atoms. The van der Waals surface area contributed by atoms with Crippen LogP contribution in [-0.4, -0.2) is 65.1 Å². The first-order chi connectivity index (χ1) is 16.3. The molecule has 0 aromatic heterocycles. The van der Waals surface area contributed by atoms with Crippen LogP contribution in [0.5, 0.6) is 5.75 Å². The lowest BCUT2D eigenvalue weighted by molar-refractivity contribution is -0.132. The fourth-order valence-electron chi connectivity index (χ4n) is 5.88. The van der Waals surface area contributed by atoms with Gasteiger partial charge in [-0.05, 0) is 62.1 Å². The van der Waals surface area contributed by atoms with E-state index in [0.29, 0.717) is 30.7 Å². The van der Waals surface area contributed by atoms with Gasteiger partial charge in [0.1, 0.15) is 5.75 Å². The Kier molecular flexibility index (Phi) is 6.91. The largest absolute Gasteiger partial charge is 0.427 e. The van der Waals surface area contributed by atoms with E-state index in [1.54, 1.807) is 6.07 Å². The van der Waals surface area contributed by atoms with E-state index in [4.69, 9.17) is 4.74 Å². The van der Waals surface area contributed by atoms with Gasteiger partial charge in [0.2, 0.25) is 0 Å². The molecule has 6 nitrogen and oxygen atoms in total. The lowest BCUT2D eigenvalue weighted by Gasteiger charge is -2.59. The molecule has 0 radical (unpaired) electrons. The van der Waals surface area contributed by atoms with Gasteiger partial charge >= 0.3 is 5.97 Å². The monoisotopic (exact) mass is 462 g/mol. The predicted molar refractivity (Wildman–Crippen MR) is 132 cm³/mol. The van der Waals surface area contributed by atoms with Crippen molar-refractivity contribution in [2.24, 2.45) is 0 Å². The highest BCUT2D eigenvalue weighted by Gasteiger charge is 2.58. The molecular weight excluding hydrogens is 428 g/mol. The molecule has 34 heavy (non-hydrogen) atoms. The number of fused-ring (bicyclic) bond motifs is 1. The van der Waals surface area contributed by atoms with Gasteiger partial charge in [-0.3, -0.25) is 14.5 Å². The van der Waals surface area contributed by atoms with Gasteiger partial charge in [-0.2, -0.15) is 0 Å². The molecule has 3 atom stereocenters. The van der Waals surface area contributed by atoms with Crippen LogP contribution in [-0.2, 0) is 10.2 Å². The summed E-state index contributed by atoms with van der Waals surface area (Å²) >= 11 is 0. The van der Waals surface area contributed by atoms with Gasteiger partial charge in [-0.25, -0.2) is 0 Å². The first-order valence-corrected chi connectivity index (χ1v) is 11.9. The number of carbonyl (C=O) groups excluding carboxylic acids is 2. The van der Waals surface area contributed by atoms with Gasteiger partial charge in [0.05, 0.1) is 5.60 Å². The molecule has 1 N–H and O–H groups in total. The van der Waals surface area contributed by atoms with Crippen molar-refractivity contribution in [1.29, 1.82) is 0 Å². The third kappa shape index (κ3) is 4.52. The molecular formula is C28H34N2O4. The Balaban J connectivity index is 1.70. The summed E-state index contributed by atoms with van der Waals surface area (Å²) in [6, 6.07) is 16.8. The second-order valence-electron chi connectivity index (χ2n) is 9.69. The van der Waals surface area contributed by atoms with Crippen molar-refractivity contribution in [2.75, 3.05) is 26.7 Å². The highest BCUT2D eigenvalue weighted by molar-refractivity contribution is 5.94. The minimum absolute atomic E-state index is 0.0102. The second kappa shape index (κ2) is 9.72. The van der Waals surface area contributed by atoms with E-state index in [0.717, 1.165) is 31.5 Å². The summed E-state index contributed by atoms with van der Waals surface area (Å²) in [5, 5.41) is 12.1. The number of nitrogens with zero attached hydrogens (tertiary/aromatic N) is 2. The number of carbonyl (C=O) groups is 2. The zero-order valence-electron chi connectivity index (χ0n) is 20.1. The topological polar surface area (TPSA) is 70.1 Å². The van der Waals surface area contributed by atoms with Crippen LogP contribution in [0.4, 0.5) is 0 Å². The van der Waals surface area contributed by atoms with Crippen molar-refractivity contribution in [3.8, 4) is 5.75 Å². The Morgan fingerprint density at radius 3 is 2.68 bits per heavy atom. The molecule has 2 aliphatic rings. The zero-order valence-corrected chi connectivity index (χ0v) is 20.1. The van der Waals surface area contributed by atoms with E-state index in [1.165, 1.54) is 6.92 Å². The van der Waals surface area contributed by atoms with Gasteiger partial charge in [0.15, 0.2) is 0 Å². The average Bonchev–Trinajstić information content (AvgIpc) is 2.83. The number of benzene rings is 2. The lowest BCUT2D eigenvalue weighted by Crippen LogP contribution is -2.67. The standard InChI is InChI=1S/C28H34N2O4/c1-4-16-30-17-15-27(23-11-8-12-25(18-23)34-21(2)31)19-24(13-14-28(27,33)20-30)29(3)26(32)22-9-6-5-7-10-22/h4-12,18,24,33H,1,13-17,19-20H2,2-3H3/t24-,27?,28?/m1/s1. The maximum Gasteiger partial charge on any atom is 0.308 e. The number of rotatable bonds is 6.